The van der Waals surface area contributed by atoms with Gasteiger partial charge >= 0.3 is 0 Å². The molecule has 5 heteroatoms. The van der Waals surface area contributed by atoms with E-state index in [-0.39, 0.29) is 5.91 Å². The standard InChI is InChI=1S/C24H36N4O/c1-8-11-19(12-9-2)28-20(10-3)25-23-22(28)24(29)26(7)15-27(23)21-17(5)13-16(4)14-18(21)6/h13-14,19H,8-12,15H2,1-7H3. The molecule has 1 aliphatic rings. The molecule has 0 unspecified atom stereocenters. The second-order valence-electron chi connectivity index (χ2n) is 8.47. The molecule has 0 aliphatic carbocycles. The number of imidazole rings is 1. The lowest BCUT2D eigenvalue weighted by Crippen LogP contribution is -2.44. The number of anilines is 2. The summed E-state index contributed by atoms with van der Waals surface area (Å²) in [5.74, 6) is 1.94. The summed E-state index contributed by atoms with van der Waals surface area (Å²) < 4.78 is 2.27. The van der Waals surface area contributed by atoms with Crippen molar-refractivity contribution in [1.82, 2.24) is 14.5 Å². The van der Waals surface area contributed by atoms with Gasteiger partial charge in [0.05, 0.1) is 12.4 Å². The Balaban J connectivity index is 2.24. The molecule has 3 rings (SSSR count). The fourth-order valence-electron chi connectivity index (χ4n) is 4.86. The van der Waals surface area contributed by atoms with Gasteiger partial charge in [0.25, 0.3) is 5.91 Å². The maximum Gasteiger partial charge on any atom is 0.275 e. The van der Waals surface area contributed by atoms with Crippen LogP contribution in [-0.2, 0) is 6.42 Å². The predicted molar refractivity (Wildman–Crippen MR) is 120 cm³/mol. The molecule has 0 spiro atoms. The minimum Gasteiger partial charge on any atom is -0.322 e. The van der Waals surface area contributed by atoms with E-state index in [1.165, 1.54) is 22.4 Å². The Morgan fingerprint density at radius 2 is 1.62 bits per heavy atom. The number of amides is 1. The van der Waals surface area contributed by atoms with Gasteiger partial charge in [0.2, 0.25) is 0 Å². The maximum absolute atomic E-state index is 13.3. The lowest BCUT2D eigenvalue weighted by Gasteiger charge is -2.36. The molecule has 0 radical (unpaired) electrons. The van der Waals surface area contributed by atoms with Crippen LogP contribution in [0.5, 0.6) is 0 Å². The predicted octanol–water partition coefficient (Wildman–Crippen LogP) is 5.69. The van der Waals surface area contributed by atoms with Gasteiger partial charge < -0.3 is 14.4 Å². The monoisotopic (exact) mass is 396 g/mol. The van der Waals surface area contributed by atoms with Crippen LogP contribution in [0.25, 0.3) is 0 Å². The molecule has 0 N–H and O–H groups in total. The van der Waals surface area contributed by atoms with Crippen molar-refractivity contribution >= 4 is 17.4 Å². The second-order valence-corrected chi connectivity index (χ2v) is 8.47. The van der Waals surface area contributed by atoms with E-state index >= 15 is 0 Å². The van der Waals surface area contributed by atoms with Crippen molar-refractivity contribution in [3.8, 4) is 0 Å². The van der Waals surface area contributed by atoms with Crippen LogP contribution in [0.15, 0.2) is 12.1 Å². The van der Waals surface area contributed by atoms with Gasteiger partial charge in [0.15, 0.2) is 11.5 Å². The van der Waals surface area contributed by atoms with Crippen molar-refractivity contribution in [2.45, 2.75) is 79.7 Å². The minimum absolute atomic E-state index is 0.0862. The first-order chi connectivity index (χ1) is 13.8. The van der Waals surface area contributed by atoms with Crippen molar-refractivity contribution in [2.75, 3.05) is 18.6 Å². The molecular formula is C24H36N4O. The third-order valence-corrected chi connectivity index (χ3v) is 5.95. The van der Waals surface area contributed by atoms with E-state index < -0.39 is 0 Å². The average molecular weight is 397 g/mol. The lowest BCUT2D eigenvalue weighted by molar-refractivity contribution is 0.0772. The Hall–Kier alpha value is -2.30. The van der Waals surface area contributed by atoms with Crippen LogP contribution in [0.3, 0.4) is 0 Å². The van der Waals surface area contributed by atoms with Crippen molar-refractivity contribution in [1.29, 1.82) is 0 Å². The minimum atomic E-state index is 0.0862. The first-order valence-electron chi connectivity index (χ1n) is 11.1. The fourth-order valence-corrected chi connectivity index (χ4v) is 4.86. The molecule has 2 aromatic rings. The molecule has 2 heterocycles. The van der Waals surface area contributed by atoms with Crippen LogP contribution in [0.2, 0.25) is 0 Å². The molecule has 1 amide bonds. The van der Waals surface area contributed by atoms with Gasteiger partial charge in [-0.1, -0.05) is 51.3 Å². The molecule has 0 saturated heterocycles. The SMILES string of the molecule is CCCC(CCC)n1c(CC)nc2c1C(=O)N(C)CN2c1c(C)cc(C)cc1C. The van der Waals surface area contributed by atoms with E-state index in [0.717, 1.165) is 49.4 Å². The fraction of sp³-hybridized carbons (Fsp3) is 0.583. The maximum atomic E-state index is 13.3. The van der Waals surface area contributed by atoms with E-state index in [2.05, 4.69) is 63.1 Å². The van der Waals surface area contributed by atoms with Crippen molar-refractivity contribution in [2.24, 2.45) is 0 Å². The Kier molecular flexibility index (Phi) is 6.35. The highest BCUT2D eigenvalue weighted by molar-refractivity contribution is 6.00. The molecule has 0 atom stereocenters. The van der Waals surface area contributed by atoms with E-state index in [1.807, 2.05) is 11.9 Å². The lowest BCUT2D eigenvalue weighted by atomic mass is 10.0. The van der Waals surface area contributed by atoms with Crippen LogP contribution in [0.1, 0.15) is 85.5 Å². The Bertz CT molecular complexity index is 870. The number of rotatable bonds is 7. The van der Waals surface area contributed by atoms with Crippen molar-refractivity contribution in [3.05, 3.63) is 40.3 Å². The number of aryl methyl sites for hydroxylation is 4. The first-order valence-corrected chi connectivity index (χ1v) is 11.1. The molecule has 1 aliphatic heterocycles. The highest BCUT2D eigenvalue weighted by Crippen LogP contribution is 2.39. The highest BCUT2D eigenvalue weighted by atomic mass is 16.2. The van der Waals surface area contributed by atoms with Gasteiger partial charge in [0, 0.05) is 19.5 Å². The number of benzene rings is 1. The third-order valence-electron chi connectivity index (χ3n) is 5.95. The Morgan fingerprint density at radius 3 is 2.14 bits per heavy atom. The molecular weight excluding hydrogens is 360 g/mol. The van der Waals surface area contributed by atoms with E-state index in [9.17, 15) is 4.79 Å². The van der Waals surface area contributed by atoms with E-state index in [1.54, 1.807) is 0 Å². The van der Waals surface area contributed by atoms with Crippen molar-refractivity contribution < 1.29 is 4.79 Å². The quantitative estimate of drug-likeness (QED) is 0.603. The number of hydrogen-bond donors (Lipinski definition) is 0. The summed E-state index contributed by atoms with van der Waals surface area (Å²) in [6.07, 6.45) is 5.18. The zero-order valence-electron chi connectivity index (χ0n) is 19.2. The third kappa shape index (κ3) is 3.79. The number of aromatic nitrogens is 2. The highest BCUT2D eigenvalue weighted by Gasteiger charge is 2.37. The van der Waals surface area contributed by atoms with Crippen molar-refractivity contribution in [3.63, 3.8) is 0 Å². The molecule has 29 heavy (non-hydrogen) atoms. The van der Waals surface area contributed by atoms with Gasteiger partial charge in [-0.3, -0.25) is 4.79 Å². The summed E-state index contributed by atoms with van der Waals surface area (Å²) in [7, 11) is 1.90. The number of carbonyl (C=O) groups excluding carboxylic acids is 1. The average Bonchev–Trinajstić information content (AvgIpc) is 3.04. The van der Waals surface area contributed by atoms with Crippen LogP contribution in [-0.4, -0.2) is 34.1 Å². The normalized spacial score (nSPS) is 14.1. The van der Waals surface area contributed by atoms with Crippen LogP contribution < -0.4 is 4.90 Å². The number of nitrogens with zero attached hydrogens (tertiary/aromatic N) is 4. The van der Waals surface area contributed by atoms with Crippen LogP contribution >= 0.6 is 0 Å². The Morgan fingerprint density at radius 1 is 1.03 bits per heavy atom. The number of fused-ring (bicyclic) bond motifs is 1. The summed E-state index contributed by atoms with van der Waals surface area (Å²) >= 11 is 0. The molecule has 158 valence electrons. The summed E-state index contributed by atoms with van der Waals surface area (Å²) in [4.78, 5) is 22.4. The smallest absolute Gasteiger partial charge is 0.275 e. The first kappa shape index (κ1) is 21.4. The van der Waals surface area contributed by atoms with Gasteiger partial charge in [-0.25, -0.2) is 4.98 Å². The summed E-state index contributed by atoms with van der Waals surface area (Å²) in [5, 5.41) is 0. The molecule has 1 aromatic heterocycles. The molecule has 1 aromatic carbocycles. The topological polar surface area (TPSA) is 41.4 Å². The largest absolute Gasteiger partial charge is 0.322 e. The van der Waals surface area contributed by atoms with Crippen LogP contribution in [0, 0.1) is 20.8 Å². The van der Waals surface area contributed by atoms with E-state index in [0.29, 0.717) is 12.7 Å². The second kappa shape index (κ2) is 8.60. The number of hydrogen-bond acceptors (Lipinski definition) is 3. The molecule has 0 bridgehead atoms. The molecule has 5 nitrogen and oxygen atoms in total. The zero-order chi connectivity index (χ0) is 21.3. The summed E-state index contributed by atoms with van der Waals surface area (Å²) in [6, 6.07) is 4.76. The molecule has 0 fully saturated rings. The van der Waals surface area contributed by atoms with Gasteiger partial charge in [-0.2, -0.15) is 0 Å². The van der Waals surface area contributed by atoms with Gasteiger partial charge in [-0.15, -0.1) is 0 Å². The number of carbonyl (C=O) groups is 1. The summed E-state index contributed by atoms with van der Waals surface area (Å²) in [6.45, 7) is 13.5. The van der Waals surface area contributed by atoms with Gasteiger partial charge in [0.1, 0.15) is 5.82 Å². The van der Waals surface area contributed by atoms with E-state index in [4.69, 9.17) is 4.98 Å². The van der Waals surface area contributed by atoms with Crippen LogP contribution in [0.4, 0.5) is 11.5 Å². The Labute approximate surface area is 175 Å². The van der Waals surface area contributed by atoms with Gasteiger partial charge in [-0.05, 0) is 44.7 Å². The summed E-state index contributed by atoms with van der Waals surface area (Å²) in [5.41, 5.74) is 5.65. The molecule has 0 saturated carbocycles. The zero-order valence-corrected chi connectivity index (χ0v) is 19.2.